The topological polar surface area (TPSA) is 84.9 Å². The number of esters is 1. The molecule has 1 N–H and O–H groups in total. The third-order valence-electron chi connectivity index (χ3n) is 4.59. The summed E-state index contributed by atoms with van der Waals surface area (Å²) in [4.78, 5) is 37.8. The Morgan fingerprint density at radius 1 is 1.00 bits per heavy atom. The Bertz CT molecular complexity index is 1030. The van der Waals surface area contributed by atoms with Crippen LogP contribution in [0.1, 0.15) is 49.5 Å². The van der Waals surface area contributed by atoms with E-state index in [0.717, 1.165) is 12.1 Å². The van der Waals surface area contributed by atoms with Gasteiger partial charge in [0.05, 0.1) is 5.56 Å². The predicted molar refractivity (Wildman–Crippen MR) is 124 cm³/mol. The second kappa shape index (κ2) is 11.7. The lowest BCUT2D eigenvalue weighted by molar-refractivity contribution is -0.155. The Kier molecular flexibility index (Phi) is 9.27. The van der Waals surface area contributed by atoms with Crippen LogP contribution in [0, 0.1) is 0 Å². The molecule has 0 atom stereocenters. The smallest absolute Gasteiger partial charge is 0.416 e. The largest absolute Gasteiger partial charge is 0.484 e. The van der Waals surface area contributed by atoms with Crippen molar-refractivity contribution in [1.82, 2.24) is 4.90 Å². The summed E-state index contributed by atoms with van der Waals surface area (Å²) in [6.07, 6.45) is -3.86. The molecule has 190 valence electrons. The third kappa shape index (κ3) is 9.68. The first-order valence-electron chi connectivity index (χ1n) is 10.9. The van der Waals surface area contributed by atoms with Crippen LogP contribution in [0.3, 0.4) is 0 Å². The number of nitrogens with one attached hydrogen (secondary N) is 1. The van der Waals surface area contributed by atoms with Crippen molar-refractivity contribution >= 4 is 23.5 Å². The lowest BCUT2D eigenvalue weighted by atomic mass is 10.2. The van der Waals surface area contributed by atoms with Gasteiger partial charge in [-0.2, -0.15) is 13.2 Å². The van der Waals surface area contributed by atoms with E-state index in [1.807, 2.05) is 0 Å². The van der Waals surface area contributed by atoms with Crippen LogP contribution in [-0.2, 0) is 20.5 Å². The first kappa shape index (κ1) is 27.7. The van der Waals surface area contributed by atoms with Crippen molar-refractivity contribution in [2.24, 2.45) is 0 Å². The number of nitrogens with zero attached hydrogens (tertiary/aromatic N) is 1. The van der Waals surface area contributed by atoms with Gasteiger partial charge in [-0.25, -0.2) is 0 Å². The summed E-state index contributed by atoms with van der Waals surface area (Å²) in [5.74, 6) is -0.887. The Balaban J connectivity index is 1.81. The number of halogens is 3. The number of amides is 2. The molecular weight excluding hydrogens is 465 g/mol. The number of ether oxygens (including phenoxy) is 2. The molecule has 0 bridgehead atoms. The molecule has 2 aromatic rings. The van der Waals surface area contributed by atoms with Crippen LogP contribution < -0.4 is 10.1 Å². The van der Waals surface area contributed by atoms with Gasteiger partial charge in [0.2, 0.25) is 0 Å². The Hall–Kier alpha value is -3.56. The summed E-state index contributed by atoms with van der Waals surface area (Å²) in [6.45, 7) is 5.31. The Labute approximate surface area is 202 Å². The van der Waals surface area contributed by atoms with Crippen molar-refractivity contribution in [2.75, 3.05) is 25.5 Å². The summed E-state index contributed by atoms with van der Waals surface area (Å²) >= 11 is 0. The molecule has 0 aromatic heterocycles. The third-order valence-corrected chi connectivity index (χ3v) is 4.59. The van der Waals surface area contributed by atoms with Crippen LogP contribution >= 0.6 is 0 Å². The molecule has 0 aliphatic rings. The summed E-state index contributed by atoms with van der Waals surface area (Å²) in [7, 11) is 1.62. The lowest BCUT2D eigenvalue weighted by Crippen LogP contribution is -2.29. The van der Waals surface area contributed by atoms with Crippen molar-refractivity contribution in [2.45, 2.75) is 45.4 Å². The zero-order valence-electron chi connectivity index (χ0n) is 20.1. The number of hydrogen-bond donors (Lipinski definition) is 1. The summed E-state index contributed by atoms with van der Waals surface area (Å²) in [5, 5.41) is 2.35. The fraction of sp³-hybridized carbons (Fsp3) is 0.400. The highest BCUT2D eigenvalue weighted by molar-refractivity contribution is 5.94. The monoisotopic (exact) mass is 494 g/mol. The van der Waals surface area contributed by atoms with Gasteiger partial charge in [-0.05, 0) is 69.7 Å². The molecule has 0 spiro atoms. The SMILES string of the molecule is CN(CCCC(=O)OC(C)(C)C)C(=O)c1ccc(OCC(=O)Nc2cccc(C(F)(F)F)c2)cc1. The molecule has 0 radical (unpaired) electrons. The van der Waals surface area contributed by atoms with Crippen molar-refractivity contribution in [3.63, 3.8) is 0 Å². The van der Waals surface area contributed by atoms with Crippen molar-refractivity contribution in [3.05, 3.63) is 59.7 Å². The van der Waals surface area contributed by atoms with Crippen LogP contribution in [0.25, 0.3) is 0 Å². The van der Waals surface area contributed by atoms with E-state index in [4.69, 9.17) is 9.47 Å². The molecule has 7 nitrogen and oxygen atoms in total. The number of alkyl halides is 3. The zero-order valence-corrected chi connectivity index (χ0v) is 20.1. The summed E-state index contributed by atoms with van der Waals surface area (Å²) in [5.41, 5.74) is -1.03. The lowest BCUT2D eigenvalue weighted by Gasteiger charge is -2.20. The van der Waals surface area contributed by atoms with E-state index in [1.165, 1.54) is 41.3 Å². The van der Waals surface area contributed by atoms with Crippen molar-refractivity contribution < 1.29 is 37.0 Å². The van der Waals surface area contributed by atoms with Crippen molar-refractivity contribution in [3.8, 4) is 5.75 Å². The molecule has 0 saturated carbocycles. The molecule has 35 heavy (non-hydrogen) atoms. The van der Waals surface area contributed by atoms with Gasteiger partial charge in [-0.15, -0.1) is 0 Å². The number of benzene rings is 2. The minimum Gasteiger partial charge on any atom is -0.484 e. The van der Waals surface area contributed by atoms with E-state index < -0.39 is 29.9 Å². The standard InChI is InChI=1S/C25H29F3N2O5/c1-24(2,3)35-22(32)9-6-14-30(4)23(33)17-10-12-20(13-11-17)34-16-21(31)29-19-8-5-7-18(15-19)25(26,27)28/h5,7-8,10-13,15H,6,9,14,16H2,1-4H3,(H,29,31). The van der Waals surface area contributed by atoms with Gasteiger partial charge in [0.1, 0.15) is 11.4 Å². The zero-order chi connectivity index (χ0) is 26.2. The van der Waals surface area contributed by atoms with Crippen LogP contribution in [0.2, 0.25) is 0 Å². The van der Waals surface area contributed by atoms with E-state index >= 15 is 0 Å². The maximum atomic E-state index is 12.8. The molecule has 0 fully saturated rings. The average Bonchev–Trinajstić information content (AvgIpc) is 2.76. The number of carbonyl (C=O) groups excluding carboxylic acids is 3. The van der Waals surface area contributed by atoms with Gasteiger partial charge in [0.25, 0.3) is 11.8 Å². The molecule has 0 saturated heterocycles. The normalized spacial score (nSPS) is 11.5. The van der Waals surface area contributed by atoms with E-state index in [-0.39, 0.29) is 24.0 Å². The highest BCUT2D eigenvalue weighted by Gasteiger charge is 2.30. The van der Waals surface area contributed by atoms with Crippen LogP contribution in [-0.4, -0.2) is 48.5 Å². The molecule has 2 rings (SSSR count). The van der Waals surface area contributed by atoms with Gasteiger partial charge in [-0.3, -0.25) is 14.4 Å². The van der Waals surface area contributed by atoms with Gasteiger partial charge in [0, 0.05) is 31.3 Å². The quantitative estimate of drug-likeness (QED) is 0.501. The highest BCUT2D eigenvalue weighted by Crippen LogP contribution is 2.30. The van der Waals surface area contributed by atoms with E-state index in [0.29, 0.717) is 24.3 Å². The molecule has 0 aliphatic heterocycles. The average molecular weight is 495 g/mol. The van der Waals surface area contributed by atoms with Gasteiger partial charge < -0.3 is 19.7 Å². The first-order valence-corrected chi connectivity index (χ1v) is 10.9. The minimum atomic E-state index is -4.51. The number of rotatable bonds is 9. The van der Waals surface area contributed by atoms with Gasteiger partial charge >= 0.3 is 12.1 Å². The molecule has 2 amide bonds. The summed E-state index contributed by atoms with van der Waals surface area (Å²) in [6, 6.07) is 10.4. The fourth-order valence-corrected chi connectivity index (χ4v) is 2.99. The second-order valence-electron chi connectivity index (χ2n) is 8.86. The molecule has 0 aliphatic carbocycles. The number of carbonyl (C=O) groups is 3. The predicted octanol–water partition coefficient (Wildman–Crippen LogP) is 4.92. The number of hydrogen-bond acceptors (Lipinski definition) is 5. The maximum absolute atomic E-state index is 12.8. The minimum absolute atomic E-state index is 0.00377. The molecular formula is C25H29F3N2O5. The molecule has 10 heteroatoms. The first-order chi connectivity index (χ1) is 16.2. The van der Waals surface area contributed by atoms with Gasteiger partial charge in [0.15, 0.2) is 6.61 Å². The van der Waals surface area contributed by atoms with Crippen LogP contribution in [0.15, 0.2) is 48.5 Å². The fourth-order valence-electron chi connectivity index (χ4n) is 2.99. The molecule has 2 aromatic carbocycles. The van der Waals surface area contributed by atoms with Crippen LogP contribution in [0.4, 0.5) is 18.9 Å². The van der Waals surface area contributed by atoms with E-state index in [9.17, 15) is 27.6 Å². The van der Waals surface area contributed by atoms with E-state index in [2.05, 4.69) is 5.32 Å². The highest BCUT2D eigenvalue weighted by atomic mass is 19.4. The number of anilines is 1. The second-order valence-corrected chi connectivity index (χ2v) is 8.86. The van der Waals surface area contributed by atoms with Crippen LogP contribution in [0.5, 0.6) is 5.75 Å². The molecule has 0 heterocycles. The maximum Gasteiger partial charge on any atom is 0.416 e. The molecule has 0 unspecified atom stereocenters. The Morgan fingerprint density at radius 2 is 1.66 bits per heavy atom. The summed E-state index contributed by atoms with van der Waals surface area (Å²) < 4.78 is 48.9. The van der Waals surface area contributed by atoms with Crippen molar-refractivity contribution in [1.29, 1.82) is 0 Å². The van der Waals surface area contributed by atoms with Gasteiger partial charge in [-0.1, -0.05) is 6.07 Å². The van der Waals surface area contributed by atoms with E-state index in [1.54, 1.807) is 27.8 Å². The Morgan fingerprint density at radius 3 is 2.26 bits per heavy atom.